The smallest absolute Gasteiger partial charge is 0.236 e. The summed E-state index contributed by atoms with van der Waals surface area (Å²) in [6, 6.07) is 23.8. The molecule has 0 atom stereocenters. The summed E-state index contributed by atoms with van der Waals surface area (Å²) in [5.74, 6) is 5.63. The summed E-state index contributed by atoms with van der Waals surface area (Å²) in [7, 11) is 0. The second-order valence-electron chi connectivity index (χ2n) is 5.61. The van der Waals surface area contributed by atoms with Crippen LogP contribution < -0.4 is 0 Å². The highest BCUT2D eigenvalue weighted by atomic mass is 16.1. The van der Waals surface area contributed by atoms with E-state index in [2.05, 4.69) is 30.0 Å². The Labute approximate surface area is 135 Å². The predicted molar refractivity (Wildman–Crippen MR) is 92.3 cm³/mol. The van der Waals surface area contributed by atoms with Crippen LogP contribution in [0.15, 0.2) is 72.8 Å². The van der Waals surface area contributed by atoms with E-state index in [0.717, 1.165) is 28.7 Å². The number of Topliss-reactive ketones (excluding diaryl/α,β-unsaturated/α-hetero) is 1. The van der Waals surface area contributed by atoms with Gasteiger partial charge in [0.1, 0.15) is 0 Å². The molecular weight excluding hydrogens is 280 g/mol. The molecular formula is C22H14O. The van der Waals surface area contributed by atoms with Crippen LogP contribution in [0.3, 0.4) is 0 Å². The van der Waals surface area contributed by atoms with Crippen molar-refractivity contribution in [3.05, 3.63) is 95.1 Å². The summed E-state index contributed by atoms with van der Waals surface area (Å²) in [6.07, 6.45) is 0.806. The fourth-order valence-corrected chi connectivity index (χ4v) is 3.09. The first-order valence-corrected chi connectivity index (χ1v) is 7.64. The van der Waals surface area contributed by atoms with Gasteiger partial charge in [0, 0.05) is 11.1 Å². The van der Waals surface area contributed by atoms with Gasteiger partial charge in [-0.05, 0) is 46.7 Å². The fourth-order valence-electron chi connectivity index (χ4n) is 3.09. The zero-order valence-electron chi connectivity index (χ0n) is 12.5. The standard InChI is InChI=1S/C22H14O/c23-22(14-13-16-7-2-1-3-8-16)20-12-6-11-19-18-10-5-4-9-17(18)15-21(19)20/h1-12H,15H2. The summed E-state index contributed by atoms with van der Waals surface area (Å²) >= 11 is 0. The zero-order chi connectivity index (χ0) is 15.6. The second kappa shape index (κ2) is 5.59. The van der Waals surface area contributed by atoms with Crippen molar-refractivity contribution in [2.75, 3.05) is 0 Å². The van der Waals surface area contributed by atoms with Crippen LogP contribution in [0.5, 0.6) is 0 Å². The first kappa shape index (κ1) is 13.5. The third kappa shape index (κ3) is 2.45. The minimum atomic E-state index is -0.112. The number of benzene rings is 3. The largest absolute Gasteiger partial charge is 0.279 e. The van der Waals surface area contributed by atoms with Gasteiger partial charge in [-0.2, -0.15) is 0 Å². The van der Waals surface area contributed by atoms with Gasteiger partial charge in [-0.15, -0.1) is 0 Å². The van der Waals surface area contributed by atoms with E-state index < -0.39 is 0 Å². The highest BCUT2D eigenvalue weighted by molar-refractivity contribution is 6.11. The normalized spacial score (nSPS) is 11.1. The molecule has 0 spiro atoms. The highest BCUT2D eigenvalue weighted by Gasteiger charge is 2.22. The topological polar surface area (TPSA) is 17.1 Å². The van der Waals surface area contributed by atoms with Gasteiger partial charge in [-0.1, -0.05) is 66.6 Å². The summed E-state index contributed by atoms with van der Waals surface area (Å²) in [5, 5.41) is 0. The Kier molecular flexibility index (Phi) is 3.29. The lowest BCUT2D eigenvalue weighted by Crippen LogP contribution is -2.00. The summed E-state index contributed by atoms with van der Waals surface area (Å²) < 4.78 is 0. The van der Waals surface area contributed by atoms with E-state index in [4.69, 9.17) is 0 Å². The predicted octanol–water partition coefficient (Wildman–Crippen LogP) is 4.49. The lowest BCUT2D eigenvalue weighted by Gasteiger charge is -2.04. The van der Waals surface area contributed by atoms with E-state index in [-0.39, 0.29) is 5.78 Å². The Hall–Kier alpha value is -3.11. The number of hydrogen-bond donors (Lipinski definition) is 0. The number of fused-ring (bicyclic) bond motifs is 3. The quantitative estimate of drug-likeness (QED) is 0.373. The molecule has 3 aromatic rings. The lowest BCUT2D eigenvalue weighted by atomic mass is 9.98. The molecule has 0 saturated heterocycles. The molecule has 1 aliphatic rings. The van der Waals surface area contributed by atoms with Crippen molar-refractivity contribution in [3.8, 4) is 23.0 Å². The average Bonchev–Trinajstić information content (AvgIpc) is 2.99. The molecule has 0 fully saturated rings. The van der Waals surface area contributed by atoms with Crippen LogP contribution in [-0.2, 0) is 6.42 Å². The number of rotatable bonds is 1. The first-order chi connectivity index (χ1) is 11.3. The van der Waals surface area contributed by atoms with Gasteiger partial charge in [0.2, 0.25) is 5.78 Å². The van der Waals surface area contributed by atoms with Crippen LogP contribution in [0.25, 0.3) is 11.1 Å². The minimum absolute atomic E-state index is 0.112. The van der Waals surface area contributed by atoms with Crippen molar-refractivity contribution in [2.24, 2.45) is 0 Å². The second-order valence-corrected chi connectivity index (χ2v) is 5.61. The molecule has 1 aliphatic carbocycles. The van der Waals surface area contributed by atoms with E-state index in [1.54, 1.807) is 0 Å². The van der Waals surface area contributed by atoms with Gasteiger partial charge in [-0.25, -0.2) is 0 Å². The number of hydrogen-bond acceptors (Lipinski definition) is 1. The first-order valence-electron chi connectivity index (χ1n) is 7.64. The van der Waals surface area contributed by atoms with Crippen LogP contribution in [-0.4, -0.2) is 5.78 Å². The Morgan fingerprint density at radius 2 is 1.52 bits per heavy atom. The van der Waals surface area contributed by atoms with Gasteiger partial charge in [-0.3, -0.25) is 4.79 Å². The number of carbonyl (C=O) groups is 1. The fraction of sp³-hybridized carbons (Fsp3) is 0.0455. The molecule has 108 valence electrons. The molecule has 3 aromatic carbocycles. The van der Waals surface area contributed by atoms with Crippen LogP contribution in [0.2, 0.25) is 0 Å². The van der Waals surface area contributed by atoms with Crippen LogP contribution >= 0.6 is 0 Å². The monoisotopic (exact) mass is 294 g/mol. The minimum Gasteiger partial charge on any atom is -0.279 e. The maximum absolute atomic E-state index is 12.6. The zero-order valence-corrected chi connectivity index (χ0v) is 12.5. The lowest BCUT2D eigenvalue weighted by molar-refractivity contribution is 0.105. The van der Waals surface area contributed by atoms with Crippen molar-refractivity contribution in [1.29, 1.82) is 0 Å². The van der Waals surface area contributed by atoms with E-state index >= 15 is 0 Å². The molecule has 0 heterocycles. The van der Waals surface area contributed by atoms with Crippen LogP contribution in [0, 0.1) is 11.8 Å². The average molecular weight is 294 g/mol. The van der Waals surface area contributed by atoms with Gasteiger partial charge in [0.05, 0.1) is 0 Å². The SMILES string of the molecule is O=C(C#Cc1ccccc1)c1cccc2c1Cc1ccccc1-2. The molecule has 4 rings (SSSR count). The molecule has 0 unspecified atom stereocenters. The van der Waals surface area contributed by atoms with E-state index in [0.29, 0.717) is 0 Å². The molecule has 0 aliphatic heterocycles. The van der Waals surface area contributed by atoms with Gasteiger partial charge >= 0.3 is 0 Å². The summed E-state index contributed by atoms with van der Waals surface area (Å²) in [6.45, 7) is 0. The van der Waals surface area contributed by atoms with Crippen LogP contribution in [0.1, 0.15) is 27.0 Å². The van der Waals surface area contributed by atoms with Crippen molar-refractivity contribution >= 4 is 5.78 Å². The van der Waals surface area contributed by atoms with Gasteiger partial charge < -0.3 is 0 Å². The summed E-state index contributed by atoms with van der Waals surface area (Å²) in [5.41, 5.74) is 6.35. The molecule has 0 amide bonds. The van der Waals surface area contributed by atoms with Crippen molar-refractivity contribution < 1.29 is 4.79 Å². The summed E-state index contributed by atoms with van der Waals surface area (Å²) in [4.78, 5) is 12.6. The molecule has 0 saturated carbocycles. The highest BCUT2D eigenvalue weighted by Crippen LogP contribution is 2.38. The van der Waals surface area contributed by atoms with Crippen molar-refractivity contribution in [1.82, 2.24) is 0 Å². The Morgan fingerprint density at radius 3 is 2.39 bits per heavy atom. The molecule has 0 bridgehead atoms. The maximum atomic E-state index is 12.6. The van der Waals surface area contributed by atoms with E-state index in [1.807, 2.05) is 54.6 Å². The molecule has 0 radical (unpaired) electrons. The Morgan fingerprint density at radius 1 is 0.783 bits per heavy atom. The Balaban J connectivity index is 1.72. The molecule has 1 heteroatoms. The molecule has 0 N–H and O–H groups in total. The molecule has 0 aromatic heterocycles. The van der Waals surface area contributed by atoms with Crippen molar-refractivity contribution in [2.45, 2.75) is 6.42 Å². The third-order valence-corrected chi connectivity index (χ3v) is 4.19. The number of ketones is 1. The van der Waals surface area contributed by atoms with E-state index in [9.17, 15) is 4.79 Å². The van der Waals surface area contributed by atoms with Crippen molar-refractivity contribution in [3.63, 3.8) is 0 Å². The van der Waals surface area contributed by atoms with Gasteiger partial charge in [0.15, 0.2) is 0 Å². The molecule has 1 nitrogen and oxygen atoms in total. The number of carbonyl (C=O) groups excluding carboxylic acids is 1. The molecule has 23 heavy (non-hydrogen) atoms. The van der Waals surface area contributed by atoms with E-state index in [1.165, 1.54) is 11.1 Å². The third-order valence-electron chi connectivity index (χ3n) is 4.19. The van der Waals surface area contributed by atoms with Crippen LogP contribution in [0.4, 0.5) is 0 Å². The Bertz CT molecular complexity index is 956. The van der Waals surface area contributed by atoms with Gasteiger partial charge in [0.25, 0.3) is 0 Å². The maximum Gasteiger partial charge on any atom is 0.236 e.